The molecule has 0 amide bonds. The number of hydrogen-bond acceptors (Lipinski definition) is 4. The Kier molecular flexibility index (Phi) is 8.91. The molecule has 0 saturated heterocycles. The molecule has 1 N–H and O–H groups in total. The average Bonchev–Trinajstić information content (AvgIpc) is 2.86. The van der Waals surface area contributed by atoms with Crippen LogP contribution in [-0.2, 0) is 6.54 Å². The molecule has 6 heteroatoms. The maximum Gasteiger partial charge on any atom is 0.139 e. The summed E-state index contributed by atoms with van der Waals surface area (Å²) in [7, 11) is 4.12. The first-order valence-electron chi connectivity index (χ1n) is 12.9. The number of aromatic nitrogens is 2. The van der Waals surface area contributed by atoms with Crippen molar-refractivity contribution in [3.8, 4) is 0 Å². The second-order valence-electron chi connectivity index (χ2n) is 10.5. The van der Waals surface area contributed by atoms with Crippen molar-refractivity contribution in [2.45, 2.75) is 58.4 Å². The van der Waals surface area contributed by atoms with Gasteiger partial charge in [0.25, 0.3) is 0 Å². The molecule has 1 saturated carbocycles. The Morgan fingerprint density at radius 1 is 0.943 bits per heavy atom. The molecule has 0 radical (unpaired) electrons. The zero-order valence-corrected chi connectivity index (χ0v) is 22.9. The zero-order valence-electron chi connectivity index (χ0n) is 21.4. The Morgan fingerprint density at radius 2 is 1.66 bits per heavy atom. The molecule has 0 bridgehead atoms. The smallest absolute Gasteiger partial charge is 0.139 e. The summed E-state index contributed by atoms with van der Waals surface area (Å²) in [5.74, 6) is 4.40. The van der Waals surface area contributed by atoms with Crippen molar-refractivity contribution in [3.05, 3.63) is 63.9 Å². The number of para-hydroxylation sites is 1. The van der Waals surface area contributed by atoms with Crippen LogP contribution >= 0.6 is 23.2 Å². The Labute approximate surface area is 220 Å². The zero-order chi connectivity index (χ0) is 24.9. The lowest BCUT2D eigenvalue weighted by atomic mass is 9.76. The summed E-state index contributed by atoms with van der Waals surface area (Å²) in [5, 5.41) is 6.01. The van der Waals surface area contributed by atoms with E-state index in [9.17, 15) is 0 Å². The maximum atomic E-state index is 6.32. The quantitative estimate of drug-likeness (QED) is 0.318. The molecule has 35 heavy (non-hydrogen) atoms. The lowest BCUT2D eigenvalue weighted by molar-refractivity contribution is 0.226. The SMILES string of the molecule is CC(c1nc(N(C)C)c2ccccc2n1)[C@H](C)CC1CCC(CNCc2cccc(Cl)c2Cl)CC1. The van der Waals surface area contributed by atoms with E-state index in [0.29, 0.717) is 21.9 Å². The van der Waals surface area contributed by atoms with E-state index in [-0.39, 0.29) is 0 Å². The standard InChI is InChI=1S/C29H38Cl2N4/c1-19(20(2)28-33-26-11-6-5-9-24(26)29(34-28)35(3)4)16-21-12-14-22(15-13-21)17-32-18-23-8-7-10-25(30)27(23)31/h5-11,19-22,32H,12-18H2,1-4H3/t19-,20?,21?,22?/m1/s1. The maximum absolute atomic E-state index is 6.32. The molecular weight excluding hydrogens is 475 g/mol. The predicted octanol–water partition coefficient (Wildman–Crippen LogP) is 7.73. The minimum atomic E-state index is 0.333. The van der Waals surface area contributed by atoms with Gasteiger partial charge >= 0.3 is 0 Å². The Hall–Kier alpha value is -1.88. The second kappa shape index (κ2) is 11.9. The monoisotopic (exact) mass is 512 g/mol. The first-order valence-corrected chi connectivity index (χ1v) is 13.7. The molecule has 1 aliphatic rings. The summed E-state index contributed by atoms with van der Waals surface area (Å²) in [6, 6.07) is 14.2. The number of halogens is 2. The van der Waals surface area contributed by atoms with Crippen molar-refractivity contribution in [2.24, 2.45) is 17.8 Å². The Bertz CT molecular complexity index is 1120. The van der Waals surface area contributed by atoms with Gasteiger partial charge in [-0.3, -0.25) is 0 Å². The molecule has 1 fully saturated rings. The molecule has 0 spiro atoms. The minimum absolute atomic E-state index is 0.333. The van der Waals surface area contributed by atoms with Gasteiger partial charge in [-0.2, -0.15) is 0 Å². The summed E-state index contributed by atoms with van der Waals surface area (Å²) >= 11 is 12.5. The third-order valence-corrected chi connectivity index (χ3v) is 8.59. The van der Waals surface area contributed by atoms with Crippen molar-refractivity contribution >= 4 is 39.9 Å². The molecule has 4 rings (SSSR count). The van der Waals surface area contributed by atoms with Crippen LogP contribution in [0.15, 0.2) is 42.5 Å². The lowest BCUT2D eigenvalue weighted by Gasteiger charge is -2.31. The van der Waals surface area contributed by atoms with E-state index in [4.69, 9.17) is 33.2 Å². The normalized spacial score (nSPS) is 20.1. The summed E-state index contributed by atoms with van der Waals surface area (Å²) in [4.78, 5) is 12.0. The van der Waals surface area contributed by atoms with Crippen LogP contribution in [0.25, 0.3) is 10.9 Å². The second-order valence-corrected chi connectivity index (χ2v) is 11.3. The van der Waals surface area contributed by atoms with E-state index in [2.05, 4.69) is 62.4 Å². The number of nitrogens with zero attached hydrogens (tertiary/aromatic N) is 3. The third-order valence-electron chi connectivity index (χ3n) is 7.74. The molecule has 2 aromatic carbocycles. The molecular formula is C29H38Cl2N4. The van der Waals surface area contributed by atoms with E-state index in [0.717, 1.165) is 53.0 Å². The van der Waals surface area contributed by atoms with Crippen molar-refractivity contribution in [2.75, 3.05) is 25.5 Å². The van der Waals surface area contributed by atoms with Gasteiger partial charge in [-0.05, 0) is 67.3 Å². The van der Waals surface area contributed by atoms with Gasteiger partial charge in [0.2, 0.25) is 0 Å². The lowest BCUT2D eigenvalue weighted by Crippen LogP contribution is -2.27. The van der Waals surface area contributed by atoms with E-state index in [1.807, 2.05) is 18.2 Å². The fraction of sp³-hybridized carbons (Fsp3) is 0.517. The van der Waals surface area contributed by atoms with Crippen LogP contribution in [0.5, 0.6) is 0 Å². The Morgan fingerprint density at radius 3 is 2.40 bits per heavy atom. The number of fused-ring (bicyclic) bond motifs is 1. The highest BCUT2D eigenvalue weighted by Crippen LogP contribution is 2.37. The van der Waals surface area contributed by atoms with Crippen LogP contribution in [0.3, 0.4) is 0 Å². The van der Waals surface area contributed by atoms with E-state index in [1.165, 1.54) is 32.1 Å². The van der Waals surface area contributed by atoms with Gasteiger partial charge in [-0.25, -0.2) is 9.97 Å². The van der Waals surface area contributed by atoms with Crippen LogP contribution < -0.4 is 10.2 Å². The van der Waals surface area contributed by atoms with Crippen LogP contribution in [0.1, 0.15) is 63.3 Å². The number of rotatable bonds is 9. The number of benzene rings is 2. The highest BCUT2D eigenvalue weighted by Gasteiger charge is 2.26. The summed E-state index contributed by atoms with van der Waals surface area (Å²) in [5.41, 5.74) is 2.11. The largest absolute Gasteiger partial charge is 0.362 e. The molecule has 1 aliphatic carbocycles. The van der Waals surface area contributed by atoms with E-state index >= 15 is 0 Å². The van der Waals surface area contributed by atoms with Gasteiger partial charge in [0.05, 0.1) is 15.6 Å². The van der Waals surface area contributed by atoms with Gasteiger partial charge in [0, 0.05) is 31.9 Å². The molecule has 188 valence electrons. The van der Waals surface area contributed by atoms with Crippen molar-refractivity contribution in [3.63, 3.8) is 0 Å². The number of anilines is 1. The van der Waals surface area contributed by atoms with Crippen LogP contribution in [0.4, 0.5) is 5.82 Å². The number of nitrogens with one attached hydrogen (secondary N) is 1. The van der Waals surface area contributed by atoms with Gasteiger partial charge in [0.1, 0.15) is 11.6 Å². The van der Waals surface area contributed by atoms with Crippen molar-refractivity contribution < 1.29 is 0 Å². The fourth-order valence-corrected chi connectivity index (χ4v) is 5.76. The van der Waals surface area contributed by atoms with Gasteiger partial charge in [0.15, 0.2) is 0 Å². The topological polar surface area (TPSA) is 41.1 Å². The number of hydrogen-bond donors (Lipinski definition) is 1. The third kappa shape index (κ3) is 6.47. The highest BCUT2D eigenvalue weighted by atomic mass is 35.5. The predicted molar refractivity (Wildman–Crippen MR) is 150 cm³/mol. The summed E-state index contributed by atoms with van der Waals surface area (Å²) < 4.78 is 0. The molecule has 1 unspecified atom stereocenters. The van der Waals surface area contributed by atoms with Crippen molar-refractivity contribution in [1.82, 2.24) is 15.3 Å². The van der Waals surface area contributed by atoms with E-state index < -0.39 is 0 Å². The fourth-order valence-electron chi connectivity index (χ4n) is 5.37. The molecule has 1 aromatic heterocycles. The van der Waals surface area contributed by atoms with Crippen LogP contribution in [-0.4, -0.2) is 30.6 Å². The van der Waals surface area contributed by atoms with Gasteiger partial charge in [-0.15, -0.1) is 0 Å². The van der Waals surface area contributed by atoms with Gasteiger partial charge < -0.3 is 10.2 Å². The minimum Gasteiger partial charge on any atom is -0.362 e. The molecule has 0 aliphatic heterocycles. The average molecular weight is 514 g/mol. The first-order chi connectivity index (χ1) is 16.8. The first kappa shape index (κ1) is 26.2. The highest BCUT2D eigenvalue weighted by molar-refractivity contribution is 6.42. The summed E-state index contributed by atoms with van der Waals surface area (Å²) in [6.07, 6.45) is 6.44. The Balaban J connectivity index is 1.28. The van der Waals surface area contributed by atoms with Crippen LogP contribution in [0, 0.1) is 17.8 Å². The molecule has 1 heterocycles. The van der Waals surface area contributed by atoms with Crippen LogP contribution in [0.2, 0.25) is 10.0 Å². The molecule has 2 atom stereocenters. The summed E-state index contributed by atoms with van der Waals surface area (Å²) in [6.45, 7) is 6.49. The molecule has 4 nitrogen and oxygen atoms in total. The van der Waals surface area contributed by atoms with Gasteiger partial charge in [-0.1, -0.05) is 74.2 Å². The molecule has 3 aromatic rings. The van der Waals surface area contributed by atoms with Crippen molar-refractivity contribution in [1.29, 1.82) is 0 Å². The van der Waals surface area contributed by atoms with E-state index in [1.54, 1.807) is 0 Å².